The highest BCUT2D eigenvalue weighted by Crippen LogP contribution is 2.37. The molecule has 43 heavy (non-hydrogen) atoms. The van der Waals surface area contributed by atoms with E-state index in [-0.39, 0.29) is 33.2 Å². The molecule has 1 atom stereocenters. The Bertz CT molecular complexity index is 2060. The Morgan fingerprint density at radius 3 is 2.58 bits per heavy atom. The van der Waals surface area contributed by atoms with E-state index in [0.29, 0.717) is 22.7 Å². The molecule has 216 valence electrons. The summed E-state index contributed by atoms with van der Waals surface area (Å²) < 4.78 is 52.2. The van der Waals surface area contributed by atoms with Crippen molar-refractivity contribution in [1.29, 1.82) is 0 Å². The van der Waals surface area contributed by atoms with Crippen LogP contribution < -0.4 is 29.8 Å². The lowest BCUT2D eigenvalue weighted by atomic mass is 10.1. The Morgan fingerprint density at radius 1 is 1.02 bits per heavy atom. The van der Waals surface area contributed by atoms with Crippen LogP contribution in [0, 0.1) is 0 Å². The molecule has 3 aromatic carbocycles. The fourth-order valence-corrected chi connectivity index (χ4v) is 5.96. The van der Waals surface area contributed by atoms with Gasteiger partial charge in [-0.1, -0.05) is 47.7 Å². The predicted octanol–water partition coefficient (Wildman–Crippen LogP) is 3.59. The highest BCUT2D eigenvalue weighted by atomic mass is 32.1. The maximum atomic E-state index is 13.7. The maximum absolute atomic E-state index is 13.7. The first kappa shape index (κ1) is 26.6. The lowest BCUT2D eigenvalue weighted by Gasteiger charge is -2.24. The summed E-state index contributed by atoms with van der Waals surface area (Å²) in [6.07, 6.45) is -5.22. The number of anilines is 2. The second-order valence-corrected chi connectivity index (χ2v) is 10.7. The largest absolute Gasteiger partial charge is 0.485 e. The molecule has 1 unspecified atom stereocenters. The molecular formula is C29H18F3N5O5S. The average molecular weight is 606 g/mol. The van der Waals surface area contributed by atoms with E-state index in [2.05, 4.69) is 15.4 Å². The van der Waals surface area contributed by atoms with Crippen LogP contribution in [0.3, 0.4) is 0 Å². The lowest BCUT2D eigenvalue weighted by molar-refractivity contribution is -0.137. The zero-order chi connectivity index (χ0) is 29.9. The van der Waals surface area contributed by atoms with Crippen LogP contribution in [0.5, 0.6) is 11.5 Å². The molecule has 1 N–H and O–H groups in total. The van der Waals surface area contributed by atoms with Crippen molar-refractivity contribution in [2.75, 3.05) is 23.4 Å². The van der Waals surface area contributed by atoms with Gasteiger partial charge in [0.15, 0.2) is 23.4 Å². The van der Waals surface area contributed by atoms with Crippen molar-refractivity contribution in [3.63, 3.8) is 0 Å². The van der Waals surface area contributed by atoms with Gasteiger partial charge < -0.3 is 14.8 Å². The normalized spacial score (nSPS) is 17.3. The van der Waals surface area contributed by atoms with Crippen molar-refractivity contribution in [3.05, 3.63) is 105 Å². The number of nitrogens with one attached hydrogen (secondary N) is 1. The highest BCUT2D eigenvalue weighted by molar-refractivity contribution is 7.15. The first-order valence-electron chi connectivity index (χ1n) is 12.9. The number of aromatic nitrogens is 3. The molecule has 0 bridgehead atoms. The van der Waals surface area contributed by atoms with Crippen LogP contribution in [-0.4, -0.2) is 39.6 Å². The number of ether oxygens (including phenoxy) is 2. The molecule has 0 fully saturated rings. The van der Waals surface area contributed by atoms with Crippen LogP contribution in [0.4, 0.5) is 24.5 Å². The van der Waals surface area contributed by atoms with Crippen LogP contribution in [0.1, 0.15) is 23.1 Å². The van der Waals surface area contributed by atoms with Gasteiger partial charge in [-0.05, 0) is 36.4 Å². The Balaban J connectivity index is 1.19. The van der Waals surface area contributed by atoms with Crippen molar-refractivity contribution in [2.45, 2.75) is 12.3 Å². The number of rotatable bonds is 4. The summed E-state index contributed by atoms with van der Waals surface area (Å²) in [6.45, 7) is -0.341. The topological polar surface area (TPSA) is 115 Å². The lowest BCUT2D eigenvalue weighted by Crippen LogP contribution is -2.37. The molecule has 5 aromatic rings. The number of halogens is 3. The monoisotopic (exact) mass is 605 g/mol. The summed E-state index contributed by atoms with van der Waals surface area (Å²) in [5.74, 6) is 0.0493. The number of nitrogens with zero attached hydrogens (tertiary/aromatic N) is 4. The second kappa shape index (κ2) is 9.94. The van der Waals surface area contributed by atoms with E-state index in [1.54, 1.807) is 42.5 Å². The van der Waals surface area contributed by atoms with Gasteiger partial charge in [-0.2, -0.15) is 22.7 Å². The number of alkyl halides is 3. The summed E-state index contributed by atoms with van der Waals surface area (Å²) in [7, 11) is 0. The number of benzene rings is 3. The molecule has 0 radical (unpaired) electrons. The third-order valence-electron chi connectivity index (χ3n) is 6.90. The molecule has 2 aliphatic rings. The van der Waals surface area contributed by atoms with Gasteiger partial charge in [0, 0.05) is 11.3 Å². The number of hydrogen-bond donors (Lipinski definition) is 1. The van der Waals surface area contributed by atoms with Crippen LogP contribution in [-0.2, 0) is 15.8 Å². The molecular weight excluding hydrogens is 587 g/mol. The molecule has 2 aromatic heterocycles. The number of fused-ring (bicyclic) bond motifs is 3. The molecule has 0 aliphatic carbocycles. The summed E-state index contributed by atoms with van der Waals surface area (Å²) >= 11 is 0.975. The minimum atomic E-state index is -4.58. The quantitative estimate of drug-likeness (QED) is 0.333. The van der Waals surface area contributed by atoms with Crippen LogP contribution in [0.15, 0.2) is 77.6 Å². The van der Waals surface area contributed by atoms with Crippen LogP contribution in [0.2, 0.25) is 0 Å². The molecule has 0 saturated heterocycles. The molecule has 10 nitrogen and oxygen atoms in total. The van der Waals surface area contributed by atoms with Crippen molar-refractivity contribution in [2.24, 2.45) is 0 Å². The average Bonchev–Trinajstić information content (AvgIpc) is 3.63. The minimum absolute atomic E-state index is 0.0667. The van der Waals surface area contributed by atoms with E-state index < -0.39 is 41.8 Å². The van der Waals surface area contributed by atoms with Crippen molar-refractivity contribution < 1.29 is 32.2 Å². The fourth-order valence-electron chi connectivity index (χ4n) is 4.96. The van der Waals surface area contributed by atoms with Gasteiger partial charge in [0.05, 0.1) is 16.8 Å². The number of carbonyl (C=O) groups is 2. The number of para-hydroxylation sites is 3. The van der Waals surface area contributed by atoms with Crippen molar-refractivity contribution >= 4 is 45.1 Å². The number of thiazole rings is 1. The standard InChI is InChI=1S/C29H18F3N5O5S/c30-29(31,32)15-6-5-7-16(12-15)33-22(38)13-36-18-9-2-1-8-17(18)23(26(36)39)24-27(40)37-28(43-24)34-25(35-37)21-14-41-19-10-3-4-11-20(19)42-21/h1-12,21H,13-14H2,(H,33,38). The summed E-state index contributed by atoms with van der Waals surface area (Å²) in [4.78, 5) is 45.9. The zero-order valence-corrected chi connectivity index (χ0v) is 22.6. The van der Waals surface area contributed by atoms with E-state index >= 15 is 0 Å². The van der Waals surface area contributed by atoms with Gasteiger partial charge in [-0.15, -0.1) is 5.10 Å². The summed E-state index contributed by atoms with van der Waals surface area (Å²) in [5, 5.41) is 6.75. The molecule has 0 saturated carbocycles. The van der Waals surface area contributed by atoms with Gasteiger partial charge in [0.1, 0.15) is 17.7 Å². The van der Waals surface area contributed by atoms with E-state index in [4.69, 9.17) is 9.47 Å². The Hall–Kier alpha value is -5.24. The first-order valence-corrected chi connectivity index (χ1v) is 13.7. The van der Waals surface area contributed by atoms with Gasteiger partial charge in [0.25, 0.3) is 11.5 Å². The van der Waals surface area contributed by atoms with Gasteiger partial charge in [-0.3, -0.25) is 19.3 Å². The third kappa shape index (κ3) is 4.65. The van der Waals surface area contributed by atoms with Gasteiger partial charge >= 0.3 is 6.18 Å². The smallest absolute Gasteiger partial charge is 0.416 e. The fraction of sp³-hybridized carbons (Fsp3) is 0.138. The van der Waals surface area contributed by atoms with E-state index in [9.17, 15) is 27.6 Å². The van der Waals surface area contributed by atoms with Crippen molar-refractivity contribution in [3.8, 4) is 11.5 Å². The minimum Gasteiger partial charge on any atom is -0.485 e. The number of hydrogen-bond acceptors (Lipinski definition) is 8. The molecule has 14 heteroatoms. The summed E-state index contributed by atoms with van der Waals surface area (Å²) in [5.41, 5.74) is -0.655. The summed E-state index contributed by atoms with van der Waals surface area (Å²) in [6, 6.07) is 18.0. The van der Waals surface area contributed by atoms with Gasteiger partial charge in [0.2, 0.25) is 10.9 Å². The SMILES string of the molecule is O=C(CN1C(=O)C(=c2sc3nc(C4COc5ccccc5O4)nn3c2=O)c2ccccc21)Nc1cccc(C(F)(F)F)c1. The maximum Gasteiger partial charge on any atom is 0.416 e. The van der Waals surface area contributed by atoms with Crippen LogP contribution >= 0.6 is 11.3 Å². The Kier molecular flexibility index (Phi) is 6.16. The molecule has 2 amide bonds. The molecule has 4 heterocycles. The van der Waals surface area contributed by atoms with Crippen molar-refractivity contribution in [1.82, 2.24) is 14.6 Å². The third-order valence-corrected chi connectivity index (χ3v) is 7.93. The highest BCUT2D eigenvalue weighted by Gasteiger charge is 2.36. The van der Waals surface area contributed by atoms with E-state index in [1.165, 1.54) is 17.0 Å². The van der Waals surface area contributed by atoms with Gasteiger partial charge in [-0.25, -0.2) is 0 Å². The molecule has 7 rings (SSSR count). The molecule has 2 aliphatic heterocycles. The van der Waals surface area contributed by atoms with E-state index in [0.717, 1.165) is 28.0 Å². The van der Waals surface area contributed by atoms with Crippen LogP contribution in [0.25, 0.3) is 10.5 Å². The Labute approximate surface area is 243 Å². The van der Waals surface area contributed by atoms with E-state index in [1.807, 2.05) is 6.07 Å². The first-order chi connectivity index (χ1) is 20.7. The predicted molar refractivity (Wildman–Crippen MR) is 149 cm³/mol. The molecule has 0 spiro atoms. The zero-order valence-electron chi connectivity index (χ0n) is 21.8. The number of amides is 2. The second-order valence-electron chi connectivity index (χ2n) is 9.68. The number of carbonyl (C=O) groups excluding carboxylic acids is 2. The Morgan fingerprint density at radius 2 is 1.79 bits per heavy atom.